The molecule has 2 heterocycles. The second-order valence-corrected chi connectivity index (χ2v) is 6.35. The first kappa shape index (κ1) is 14.8. The minimum atomic E-state index is -0.329. The number of rotatable bonds is 2. The molecule has 4 heteroatoms. The lowest BCUT2D eigenvalue weighted by molar-refractivity contribution is -0.120. The lowest BCUT2D eigenvalue weighted by atomic mass is 9.97. The molecule has 1 amide bonds. The van der Waals surface area contributed by atoms with Crippen molar-refractivity contribution in [3.63, 3.8) is 0 Å². The second-order valence-electron chi connectivity index (χ2n) is 6.35. The van der Waals surface area contributed by atoms with Crippen LogP contribution in [0.5, 0.6) is 0 Å². The average molecular weight is 320 g/mol. The summed E-state index contributed by atoms with van der Waals surface area (Å²) in [6.07, 6.45) is 1.85. The van der Waals surface area contributed by atoms with Gasteiger partial charge in [0.15, 0.2) is 0 Å². The fourth-order valence-corrected chi connectivity index (χ4v) is 3.45. The van der Waals surface area contributed by atoms with Crippen LogP contribution >= 0.6 is 0 Å². The van der Waals surface area contributed by atoms with E-state index in [4.69, 9.17) is 10.2 Å². The molecule has 0 saturated heterocycles. The fourth-order valence-electron chi connectivity index (χ4n) is 3.45. The summed E-state index contributed by atoms with van der Waals surface area (Å²) < 4.78 is 5.88. The molecule has 4 nitrogen and oxygen atoms in total. The number of nitrogens with zero attached hydrogens (tertiary/aromatic N) is 1. The topological polar surface area (TPSA) is 59.5 Å². The summed E-state index contributed by atoms with van der Waals surface area (Å²) in [6.45, 7) is 2.63. The predicted molar refractivity (Wildman–Crippen MR) is 96.2 cm³/mol. The number of para-hydroxylation sites is 1. The molecule has 1 aliphatic heterocycles. The summed E-state index contributed by atoms with van der Waals surface area (Å²) in [7, 11) is 0. The summed E-state index contributed by atoms with van der Waals surface area (Å²) >= 11 is 0. The summed E-state index contributed by atoms with van der Waals surface area (Å²) in [5.41, 5.74) is 9.68. The Kier molecular flexibility index (Phi) is 3.53. The van der Waals surface area contributed by atoms with E-state index in [2.05, 4.69) is 0 Å². The molecule has 2 aromatic carbocycles. The van der Waals surface area contributed by atoms with Gasteiger partial charge in [-0.1, -0.05) is 24.3 Å². The summed E-state index contributed by atoms with van der Waals surface area (Å²) in [6, 6.07) is 15.6. The summed E-state index contributed by atoms with van der Waals surface area (Å²) in [5, 5.41) is 1.02. The van der Waals surface area contributed by atoms with E-state index in [9.17, 15) is 4.79 Å². The number of nitrogen functional groups attached to an aromatic ring is 1. The molecule has 0 saturated carbocycles. The van der Waals surface area contributed by atoms with Gasteiger partial charge in [0.2, 0.25) is 5.91 Å². The van der Waals surface area contributed by atoms with Gasteiger partial charge in [-0.3, -0.25) is 4.79 Å². The van der Waals surface area contributed by atoms with E-state index in [-0.39, 0.29) is 11.8 Å². The van der Waals surface area contributed by atoms with Crippen LogP contribution in [0.2, 0.25) is 0 Å². The van der Waals surface area contributed by atoms with Crippen molar-refractivity contribution < 1.29 is 9.21 Å². The number of carbonyl (C=O) groups excluding carboxylic acids is 1. The molecule has 2 N–H and O–H groups in total. The van der Waals surface area contributed by atoms with Crippen LogP contribution in [-0.4, -0.2) is 12.5 Å². The molecule has 0 fully saturated rings. The zero-order chi connectivity index (χ0) is 16.7. The lowest BCUT2D eigenvalue weighted by Crippen LogP contribution is -2.38. The van der Waals surface area contributed by atoms with Crippen molar-refractivity contribution in [3.05, 3.63) is 59.9 Å². The molecular formula is C20H20N2O2. The average Bonchev–Trinajstić information content (AvgIpc) is 3.04. The van der Waals surface area contributed by atoms with Crippen molar-refractivity contribution in [2.24, 2.45) is 0 Å². The molecule has 3 aromatic rings. The maximum absolute atomic E-state index is 13.1. The number of furan rings is 1. The first-order valence-corrected chi connectivity index (χ1v) is 8.32. The standard InChI is InChI=1S/C20H20N2O2/c1-13(19-12-14-6-2-3-10-18(14)24-19)20(23)22-11-5-7-15-16(21)8-4-9-17(15)22/h2-4,6,8-10,12-13H,5,7,11,21H2,1H3. The van der Waals surface area contributed by atoms with E-state index < -0.39 is 0 Å². The highest BCUT2D eigenvalue weighted by Crippen LogP contribution is 2.34. The predicted octanol–water partition coefficient (Wildman–Crippen LogP) is 4.10. The van der Waals surface area contributed by atoms with Gasteiger partial charge in [-0.2, -0.15) is 0 Å². The van der Waals surface area contributed by atoms with Crippen molar-refractivity contribution >= 4 is 28.3 Å². The Hall–Kier alpha value is -2.75. The van der Waals surface area contributed by atoms with E-state index in [1.54, 1.807) is 0 Å². The first-order chi connectivity index (χ1) is 11.6. The van der Waals surface area contributed by atoms with Crippen molar-refractivity contribution in [2.45, 2.75) is 25.7 Å². The van der Waals surface area contributed by atoms with Gasteiger partial charge in [0.25, 0.3) is 0 Å². The molecule has 0 radical (unpaired) electrons. The zero-order valence-corrected chi connectivity index (χ0v) is 13.7. The third kappa shape index (κ3) is 2.35. The van der Waals surface area contributed by atoms with Gasteiger partial charge in [-0.25, -0.2) is 0 Å². The smallest absolute Gasteiger partial charge is 0.237 e. The Balaban J connectivity index is 1.68. The van der Waals surface area contributed by atoms with Crippen molar-refractivity contribution in [3.8, 4) is 0 Å². The van der Waals surface area contributed by atoms with Gasteiger partial charge in [0, 0.05) is 23.3 Å². The lowest BCUT2D eigenvalue weighted by Gasteiger charge is -2.31. The van der Waals surface area contributed by atoms with Crippen LogP contribution in [0.3, 0.4) is 0 Å². The molecule has 1 aliphatic rings. The van der Waals surface area contributed by atoms with Crippen LogP contribution in [0.4, 0.5) is 11.4 Å². The van der Waals surface area contributed by atoms with Crippen molar-refractivity contribution in [1.29, 1.82) is 0 Å². The van der Waals surface area contributed by atoms with Crippen LogP contribution in [-0.2, 0) is 11.2 Å². The molecule has 0 spiro atoms. The number of hydrogen-bond donors (Lipinski definition) is 1. The van der Waals surface area contributed by atoms with E-state index in [1.165, 1.54) is 0 Å². The van der Waals surface area contributed by atoms with Gasteiger partial charge in [-0.05, 0) is 49.6 Å². The van der Waals surface area contributed by atoms with Crippen molar-refractivity contribution in [2.75, 3.05) is 17.2 Å². The number of benzene rings is 2. The van der Waals surface area contributed by atoms with Gasteiger partial charge in [-0.15, -0.1) is 0 Å². The number of amides is 1. The molecular weight excluding hydrogens is 300 g/mol. The number of hydrogen-bond acceptors (Lipinski definition) is 3. The van der Waals surface area contributed by atoms with E-state index in [0.717, 1.165) is 47.3 Å². The molecule has 24 heavy (non-hydrogen) atoms. The molecule has 1 unspecified atom stereocenters. The van der Waals surface area contributed by atoms with Crippen LogP contribution in [0.25, 0.3) is 11.0 Å². The maximum Gasteiger partial charge on any atom is 0.237 e. The highest BCUT2D eigenvalue weighted by Gasteiger charge is 2.29. The Morgan fingerprint density at radius 3 is 2.88 bits per heavy atom. The van der Waals surface area contributed by atoms with Crippen LogP contribution in [0, 0.1) is 0 Å². The van der Waals surface area contributed by atoms with Gasteiger partial charge < -0.3 is 15.1 Å². The number of anilines is 2. The SMILES string of the molecule is CC(C(=O)N1CCCc2c(N)cccc21)c1cc2ccccc2o1. The monoisotopic (exact) mass is 320 g/mol. The first-order valence-electron chi connectivity index (χ1n) is 8.32. The Labute approximate surface area is 140 Å². The van der Waals surface area contributed by atoms with Crippen LogP contribution in [0.15, 0.2) is 52.9 Å². The number of fused-ring (bicyclic) bond motifs is 2. The molecule has 0 aliphatic carbocycles. The molecule has 122 valence electrons. The van der Waals surface area contributed by atoms with E-state index >= 15 is 0 Å². The highest BCUT2D eigenvalue weighted by molar-refractivity contribution is 5.99. The number of carbonyl (C=O) groups is 1. The Bertz CT molecular complexity index is 880. The van der Waals surface area contributed by atoms with E-state index in [1.807, 2.05) is 60.4 Å². The molecule has 0 bridgehead atoms. The zero-order valence-electron chi connectivity index (χ0n) is 13.7. The summed E-state index contributed by atoms with van der Waals surface area (Å²) in [5.74, 6) is 0.433. The van der Waals surface area contributed by atoms with Gasteiger partial charge in [0.1, 0.15) is 11.3 Å². The van der Waals surface area contributed by atoms with Crippen molar-refractivity contribution in [1.82, 2.24) is 0 Å². The summed E-state index contributed by atoms with van der Waals surface area (Å²) in [4.78, 5) is 14.9. The fraction of sp³-hybridized carbons (Fsp3) is 0.250. The maximum atomic E-state index is 13.1. The Morgan fingerprint density at radius 2 is 2.04 bits per heavy atom. The largest absolute Gasteiger partial charge is 0.460 e. The second kappa shape index (κ2) is 5.71. The third-order valence-corrected chi connectivity index (χ3v) is 4.79. The highest BCUT2D eigenvalue weighted by atomic mass is 16.3. The molecule has 1 aromatic heterocycles. The van der Waals surface area contributed by atoms with Crippen LogP contribution < -0.4 is 10.6 Å². The molecule has 1 atom stereocenters. The normalized spacial score (nSPS) is 15.3. The quantitative estimate of drug-likeness (QED) is 0.723. The minimum Gasteiger partial charge on any atom is -0.460 e. The minimum absolute atomic E-state index is 0.0561. The molecule has 4 rings (SSSR count). The van der Waals surface area contributed by atoms with E-state index in [0.29, 0.717) is 5.76 Å². The van der Waals surface area contributed by atoms with Gasteiger partial charge >= 0.3 is 0 Å². The Morgan fingerprint density at radius 1 is 1.21 bits per heavy atom. The van der Waals surface area contributed by atoms with Crippen LogP contribution in [0.1, 0.15) is 30.6 Å². The third-order valence-electron chi connectivity index (χ3n) is 4.79. The number of nitrogens with two attached hydrogens (primary N) is 1. The van der Waals surface area contributed by atoms with Gasteiger partial charge in [0.05, 0.1) is 5.92 Å².